The molecule has 0 spiro atoms. The van der Waals surface area contributed by atoms with Crippen LogP contribution in [0.2, 0.25) is 0 Å². The lowest BCUT2D eigenvalue weighted by molar-refractivity contribution is -0.260. The number of benzene rings is 2. The van der Waals surface area contributed by atoms with Crippen molar-refractivity contribution in [3.8, 4) is 23.6 Å². The van der Waals surface area contributed by atoms with Gasteiger partial charge in [-0.05, 0) is 42.7 Å². The monoisotopic (exact) mass is 458 g/mol. The second-order valence-corrected chi connectivity index (χ2v) is 8.74. The van der Waals surface area contributed by atoms with Crippen LogP contribution in [0.15, 0.2) is 59.6 Å². The van der Waals surface area contributed by atoms with E-state index in [4.69, 9.17) is 19.9 Å². The highest BCUT2D eigenvalue weighted by atomic mass is 16.7. The molecular weight excluding hydrogens is 428 g/mol. The zero-order chi connectivity index (χ0) is 24.2. The van der Waals surface area contributed by atoms with Crippen LogP contribution in [0.1, 0.15) is 51.0 Å². The van der Waals surface area contributed by atoms with Gasteiger partial charge in [-0.3, -0.25) is 0 Å². The van der Waals surface area contributed by atoms with Crippen molar-refractivity contribution in [3.05, 3.63) is 60.2 Å². The summed E-state index contributed by atoms with van der Waals surface area (Å²) in [5, 5.41) is 20.9. The Balaban J connectivity index is 1.74. The Bertz CT molecular complexity index is 1130. The Labute approximate surface area is 200 Å². The van der Waals surface area contributed by atoms with E-state index in [9.17, 15) is 10.5 Å². The van der Waals surface area contributed by atoms with Crippen molar-refractivity contribution in [2.45, 2.75) is 51.4 Å². The van der Waals surface area contributed by atoms with Gasteiger partial charge in [0.25, 0.3) is 5.91 Å². The van der Waals surface area contributed by atoms with E-state index >= 15 is 0 Å². The van der Waals surface area contributed by atoms with Crippen LogP contribution in [0.4, 0.5) is 0 Å². The molecule has 0 bridgehead atoms. The van der Waals surface area contributed by atoms with Gasteiger partial charge in [-0.1, -0.05) is 57.0 Å². The molecule has 4 rings (SSSR count). The number of nitrogens with zero attached hydrogens (tertiary/aromatic N) is 3. The zero-order valence-electron chi connectivity index (χ0n) is 19.7. The third-order valence-corrected chi connectivity index (χ3v) is 6.69. The molecule has 0 aromatic heterocycles. The topological polar surface area (TPSA) is 114 Å². The molecule has 176 valence electrons. The molecule has 1 aliphatic heterocycles. The summed E-state index contributed by atoms with van der Waals surface area (Å²) in [6.07, 6.45) is 3.38. The first-order chi connectivity index (χ1) is 16.5. The molecule has 2 aromatic carbocycles. The molecule has 1 heterocycles. The standard InChI is InChI=1S/C27H30N4O3/c1-3-5-15-32-27(33-16-6-4-2)26(19-29)23(25(26,18-28)24(30)31-27)20-11-10-14-22(17-20)34-21-12-8-7-9-13-21/h7-14,17,23H,3-6,15-16H2,1-2H3,(H2,30,31). The minimum absolute atomic E-state index is 0.0870. The number of ether oxygens (including phenoxy) is 3. The van der Waals surface area contributed by atoms with Crippen LogP contribution in [0.25, 0.3) is 0 Å². The third-order valence-electron chi connectivity index (χ3n) is 6.69. The molecule has 0 radical (unpaired) electrons. The fraction of sp³-hybridized carbons (Fsp3) is 0.444. The largest absolute Gasteiger partial charge is 0.457 e. The van der Waals surface area contributed by atoms with Gasteiger partial charge >= 0.3 is 0 Å². The van der Waals surface area contributed by atoms with Crippen LogP contribution in [0.5, 0.6) is 11.5 Å². The summed E-state index contributed by atoms with van der Waals surface area (Å²) in [7, 11) is 0. The minimum Gasteiger partial charge on any atom is -0.457 e. The fourth-order valence-corrected chi connectivity index (χ4v) is 4.95. The van der Waals surface area contributed by atoms with Crippen LogP contribution >= 0.6 is 0 Å². The Morgan fingerprint density at radius 1 is 0.912 bits per heavy atom. The number of nitrogens with two attached hydrogens (primary N) is 1. The average molecular weight is 459 g/mol. The molecule has 1 aliphatic carbocycles. The molecule has 2 aromatic rings. The summed E-state index contributed by atoms with van der Waals surface area (Å²) in [4.78, 5) is 4.52. The number of para-hydroxylation sites is 1. The van der Waals surface area contributed by atoms with Gasteiger partial charge < -0.3 is 19.9 Å². The Morgan fingerprint density at radius 3 is 2.15 bits per heavy atom. The van der Waals surface area contributed by atoms with E-state index in [2.05, 4.69) is 31.0 Å². The van der Waals surface area contributed by atoms with Crippen molar-refractivity contribution in [1.29, 1.82) is 10.5 Å². The highest BCUT2D eigenvalue weighted by Crippen LogP contribution is 2.82. The molecule has 1 saturated carbocycles. The first-order valence-corrected chi connectivity index (χ1v) is 11.8. The molecule has 7 heteroatoms. The molecule has 0 amide bonds. The average Bonchev–Trinajstić information content (AvgIpc) is 3.44. The van der Waals surface area contributed by atoms with Gasteiger partial charge in [0, 0.05) is 5.92 Å². The summed E-state index contributed by atoms with van der Waals surface area (Å²) in [6, 6.07) is 21.6. The second kappa shape index (κ2) is 9.46. The van der Waals surface area contributed by atoms with Gasteiger partial charge in [0.05, 0.1) is 25.4 Å². The fourth-order valence-electron chi connectivity index (χ4n) is 4.95. The van der Waals surface area contributed by atoms with E-state index in [0.717, 1.165) is 31.2 Å². The SMILES string of the molecule is CCCCOC1(OCCCC)N=C(N)C2(C#N)C(c3cccc(Oc4ccccc4)c3)C12C#N. The number of hydrogen-bond donors (Lipinski definition) is 1. The first kappa shape index (κ1) is 23.8. The molecule has 7 nitrogen and oxygen atoms in total. The van der Waals surface area contributed by atoms with Crippen molar-refractivity contribution < 1.29 is 14.2 Å². The lowest BCUT2D eigenvalue weighted by Crippen LogP contribution is -2.44. The normalized spacial score (nSPS) is 26.1. The maximum Gasteiger partial charge on any atom is 0.293 e. The van der Waals surface area contributed by atoms with Gasteiger partial charge in [0.2, 0.25) is 0 Å². The lowest BCUT2D eigenvalue weighted by atomic mass is 9.93. The van der Waals surface area contributed by atoms with E-state index in [1.54, 1.807) is 0 Å². The van der Waals surface area contributed by atoms with E-state index in [1.807, 2.05) is 54.6 Å². The van der Waals surface area contributed by atoms with Gasteiger partial charge in [-0.25, -0.2) is 4.99 Å². The summed E-state index contributed by atoms with van der Waals surface area (Å²) in [5.41, 5.74) is 4.43. The molecule has 3 unspecified atom stereocenters. The first-order valence-electron chi connectivity index (χ1n) is 11.8. The van der Waals surface area contributed by atoms with Crippen LogP contribution in [-0.2, 0) is 9.47 Å². The zero-order valence-corrected chi connectivity index (χ0v) is 19.7. The van der Waals surface area contributed by atoms with Crippen molar-refractivity contribution in [3.63, 3.8) is 0 Å². The van der Waals surface area contributed by atoms with E-state index in [0.29, 0.717) is 24.7 Å². The number of fused-ring (bicyclic) bond motifs is 1. The number of rotatable bonds is 11. The van der Waals surface area contributed by atoms with Crippen LogP contribution in [-0.4, -0.2) is 25.0 Å². The summed E-state index contributed by atoms with van der Waals surface area (Å²) < 4.78 is 18.4. The van der Waals surface area contributed by atoms with Gasteiger partial charge in [0.1, 0.15) is 22.7 Å². The smallest absolute Gasteiger partial charge is 0.293 e. The van der Waals surface area contributed by atoms with E-state index < -0.39 is 22.7 Å². The summed E-state index contributed by atoms with van der Waals surface area (Å²) in [6.45, 7) is 4.82. The minimum atomic E-state index is -1.62. The maximum absolute atomic E-state index is 10.5. The van der Waals surface area contributed by atoms with Crippen LogP contribution in [0, 0.1) is 33.5 Å². The molecule has 0 saturated heterocycles. The van der Waals surface area contributed by atoms with Crippen molar-refractivity contribution in [2.75, 3.05) is 13.2 Å². The molecule has 1 fully saturated rings. The van der Waals surface area contributed by atoms with Gasteiger partial charge in [0.15, 0.2) is 5.41 Å². The molecule has 3 atom stereocenters. The summed E-state index contributed by atoms with van der Waals surface area (Å²) >= 11 is 0. The molecule has 2 N–H and O–H groups in total. The second-order valence-electron chi connectivity index (χ2n) is 8.74. The predicted molar refractivity (Wildman–Crippen MR) is 128 cm³/mol. The number of hydrogen-bond acceptors (Lipinski definition) is 7. The van der Waals surface area contributed by atoms with Crippen molar-refractivity contribution in [1.82, 2.24) is 0 Å². The Hall–Kier alpha value is -3.39. The van der Waals surface area contributed by atoms with Crippen molar-refractivity contribution in [2.24, 2.45) is 21.6 Å². The quantitative estimate of drug-likeness (QED) is 0.363. The molecular formula is C27H30N4O3. The predicted octanol–water partition coefficient (Wildman–Crippen LogP) is 5.25. The van der Waals surface area contributed by atoms with E-state index in [-0.39, 0.29) is 5.84 Å². The maximum atomic E-state index is 10.5. The summed E-state index contributed by atoms with van der Waals surface area (Å²) in [5.74, 6) is -0.789. The van der Waals surface area contributed by atoms with E-state index in [1.165, 1.54) is 0 Å². The van der Waals surface area contributed by atoms with Crippen LogP contribution in [0.3, 0.4) is 0 Å². The highest BCUT2D eigenvalue weighted by molar-refractivity contribution is 6.00. The van der Waals surface area contributed by atoms with Gasteiger partial charge in [-0.15, -0.1) is 0 Å². The highest BCUT2D eigenvalue weighted by Gasteiger charge is 2.93. The van der Waals surface area contributed by atoms with Crippen LogP contribution < -0.4 is 10.5 Å². The van der Waals surface area contributed by atoms with Gasteiger partial charge in [-0.2, -0.15) is 10.5 Å². The molecule has 2 aliphatic rings. The lowest BCUT2D eigenvalue weighted by Gasteiger charge is -2.32. The Kier molecular flexibility index (Phi) is 6.61. The number of aliphatic imine (C=N–C) groups is 1. The van der Waals surface area contributed by atoms with Crippen molar-refractivity contribution >= 4 is 5.84 Å². The number of amidine groups is 1. The number of nitriles is 2. The third kappa shape index (κ3) is 3.44. The number of unbranched alkanes of at least 4 members (excludes halogenated alkanes) is 2. The Morgan fingerprint density at radius 2 is 1.56 bits per heavy atom. The molecule has 34 heavy (non-hydrogen) atoms.